The molecule has 2 heterocycles. The molecule has 2 aromatic rings. The SMILES string of the molecule is COc1c(Cl)ncnc1-c1ccoc1. The van der Waals surface area contributed by atoms with Crippen molar-refractivity contribution in [3.63, 3.8) is 0 Å². The van der Waals surface area contributed by atoms with Crippen molar-refractivity contribution in [2.75, 3.05) is 7.11 Å². The van der Waals surface area contributed by atoms with Gasteiger partial charge < -0.3 is 9.15 Å². The van der Waals surface area contributed by atoms with E-state index in [-0.39, 0.29) is 0 Å². The molecule has 0 amide bonds. The van der Waals surface area contributed by atoms with Crippen LogP contribution in [0.25, 0.3) is 11.3 Å². The van der Waals surface area contributed by atoms with E-state index in [0.717, 1.165) is 5.56 Å². The third-order valence-electron chi connectivity index (χ3n) is 1.76. The Morgan fingerprint density at radius 2 is 2.29 bits per heavy atom. The summed E-state index contributed by atoms with van der Waals surface area (Å²) in [4.78, 5) is 7.89. The molecular weight excluding hydrogens is 204 g/mol. The van der Waals surface area contributed by atoms with E-state index < -0.39 is 0 Å². The highest BCUT2D eigenvalue weighted by atomic mass is 35.5. The molecule has 0 unspecified atom stereocenters. The van der Waals surface area contributed by atoms with E-state index in [1.165, 1.54) is 13.4 Å². The molecule has 0 N–H and O–H groups in total. The van der Waals surface area contributed by atoms with Crippen LogP contribution in [0.15, 0.2) is 29.3 Å². The molecule has 2 rings (SSSR count). The van der Waals surface area contributed by atoms with Gasteiger partial charge in [-0.25, -0.2) is 9.97 Å². The summed E-state index contributed by atoms with van der Waals surface area (Å²) in [7, 11) is 1.52. The first kappa shape index (κ1) is 9.02. The Labute approximate surface area is 85.5 Å². The molecule has 0 spiro atoms. The lowest BCUT2D eigenvalue weighted by atomic mass is 10.2. The number of hydrogen-bond donors (Lipinski definition) is 0. The van der Waals surface area contributed by atoms with Gasteiger partial charge in [0.15, 0.2) is 10.9 Å². The van der Waals surface area contributed by atoms with Crippen LogP contribution in [-0.2, 0) is 0 Å². The molecule has 2 aromatic heterocycles. The van der Waals surface area contributed by atoms with Crippen molar-refractivity contribution in [3.8, 4) is 17.0 Å². The Morgan fingerprint density at radius 1 is 1.43 bits per heavy atom. The summed E-state index contributed by atoms with van der Waals surface area (Å²) in [5, 5.41) is 0.290. The molecule has 0 aliphatic carbocycles. The number of rotatable bonds is 2. The Hall–Kier alpha value is -1.55. The minimum Gasteiger partial charge on any atom is -0.491 e. The standard InChI is InChI=1S/C9H7ClN2O2/c1-13-8-7(6-2-3-14-4-6)11-5-12-9(8)10/h2-5H,1H3. The number of methoxy groups -OCH3 is 1. The zero-order valence-electron chi connectivity index (χ0n) is 7.40. The molecule has 4 nitrogen and oxygen atoms in total. The van der Waals surface area contributed by atoms with Crippen LogP contribution in [0.3, 0.4) is 0 Å². The number of furan rings is 1. The van der Waals surface area contributed by atoms with Crippen LogP contribution in [0.2, 0.25) is 5.15 Å². The first-order valence-electron chi connectivity index (χ1n) is 3.90. The molecule has 0 saturated carbocycles. The van der Waals surface area contributed by atoms with Crippen molar-refractivity contribution < 1.29 is 9.15 Å². The molecule has 14 heavy (non-hydrogen) atoms. The van der Waals surface area contributed by atoms with Crippen molar-refractivity contribution in [2.45, 2.75) is 0 Å². The molecule has 0 bridgehead atoms. The highest BCUT2D eigenvalue weighted by Crippen LogP contribution is 2.32. The molecule has 0 atom stereocenters. The van der Waals surface area contributed by atoms with E-state index in [9.17, 15) is 0 Å². The number of nitrogens with zero attached hydrogens (tertiary/aromatic N) is 2. The summed E-state index contributed by atoms with van der Waals surface area (Å²) in [5.41, 5.74) is 1.44. The fourth-order valence-electron chi connectivity index (χ4n) is 1.14. The lowest BCUT2D eigenvalue weighted by Gasteiger charge is -2.05. The molecule has 0 aromatic carbocycles. The van der Waals surface area contributed by atoms with E-state index in [1.54, 1.807) is 18.6 Å². The van der Waals surface area contributed by atoms with Gasteiger partial charge in [-0.2, -0.15) is 0 Å². The maximum Gasteiger partial charge on any atom is 0.182 e. The van der Waals surface area contributed by atoms with Gasteiger partial charge >= 0.3 is 0 Å². The first-order valence-corrected chi connectivity index (χ1v) is 4.28. The molecule has 0 fully saturated rings. The Bertz CT molecular complexity index is 428. The van der Waals surface area contributed by atoms with E-state index in [4.69, 9.17) is 20.8 Å². The number of aromatic nitrogens is 2. The topological polar surface area (TPSA) is 48.2 Å². The van der Waals surface area contributed by atoms with E-state index in [2.05, 4.69) is 9.97 Å². The monoisotopic (exact) mass is 210 g/mol. The molecular formula is C9H7ClN2O2. The van der Waals surface area contributed by atoms with Crippen LogP contribution >= 0.6 is 11.6 Å². The van der Waals surface area contributed by atoms with Crippen LogP contribution < -0.4 is 4.74 Å². The molecule has 0 aliphatic heterocycles. The number of hydrogen-bond acceptors (Lipinski definition) is 4. The number of halogens is 1. The van der Waals surface area contributed by atoms with Gasteiger partial charge in [0, 0.05) is 5.56 Å². The van der Waals surface area contributed by atoms with Gasteiger partial charge in [0.05, 0.1) is 19.6 Å². The van der Waals surface area contributed by atoms with Crippen molar-refractivity contribution >= 4 is 11.6 Å². The zero-order chi connectivity index (χ0) is 9.97. The Morgan fingerprint density at radius 3 is 2.93 bits per heavy atom. The van der Waals surface area contributed by atoms with Crippen LogP contribution in [-0.4, -0.2) is 17.1 Å². The smallest absolute Gasteiger partial charge is 0.182 e. The summed E-state index contributed by atoms with van der Waals surface area (Å²) in [6.45, 7) is 0. The minimum absolute atomic E-state index is 0.290. The van der Waals surface area contributed by atoms with Gasteiger partial charge in [-0.05, 0) is 6.07 Å². The largest absolute Gasteiger partial charge is 0.491 e. The zero-order valence-corrected chi connectivity index (χ0v) is 8.15. The van der Waals surface area contributed by atoms with E-state index in [0.29, 0.717) is 16.6 Å². The predicted octanol–water partition coefficient (Wildman–Crippen LogP) is 2.40. The van der Waals surface area contributed by atoms with Gasteiger partial charge in [-0.3, -0.25) is 0 Å². The second kappa shape index (κ2) is 3.67. The highest BCUT2D eigenvalue weighted by molar-refractivity contribution is 6.31. The van der Waals surface area contributed by atoms with Crippen molar-refractivity contribution in [2.24, 2.45) is 0 Å². The Balaban J connectivity index is 2.58. The fraction of sp³-hybridized carbons (Fsp3) is 0.111. The fourth-order valence-corrected chi connectivity index (χ4v) is 1.35. The normalized spacial score (nSPS) is 10.1. The summed E-state index contributed by atoms with van der Waals surface area (Å²) >= 11 is 5.84. The second-order valence-electron chi connectivity index (χ2n) is 2.56. The molecule has 5 heteroatoms. The van der Waals surface area contributed by atoms with Crippen LogP contribution in [0, 0.1) is 0 Å². The van der Waals surface area contributed by atoms with E-state index >= 15 is 0 Å². The van der Waals surface area contributed by atoms with Gasteiger partial charge in [0.2, 0.25) is 0 Å². The molecule has 0 radical (unpaired) electrons. The summed E-state index contributed by atoms with van der Waals surface area (Å²) < 4.78 is 10.1. The summed E-state index contributed by atoms with van der Waals surface area (Å²) in [6, 6.07) is 1.78. The van der Waals surface area contributed by atoms with Gasteiger partial charge in [-0.1, -0.05) is 11.6 Å². The highest BCUT2D eigenvalue weighted by Gasteiger charge is 2.12. The summed E-state index contributed by atoms with van der Waals surface area (Å²) in [5.74, 6) is 0.454. The maximum atomic E-state index is 5.84. The lowest BCUT2D eigenvalue weighted by Crippen LogP contribution is -1.93. The average Bonchev–Trinajstić information content (AvgIpc) is 2.70. The van der Waals surface area contributed by atoms with E-state index in [1.807, 2.05) is 0 Å². The average molecular weight is 211 g/mol. The van der Waals surface area contributed by atoms with Crippen LogP contribution in [0.5, 0.6) is 5.75 Å². The van der Waals surface area contributed by atoms with Crippen LogP contribution in [0.4, 0.5) is 0 Å². The van der Waals surface area contributed by atoms with Crippen molar-refractivity contribution in [1.29, 1.82) is 0 Å². The maximum absolute atomic E-state index is 5.84. The van der Waals surface area contributed by atoms with Gasteiger partial charge in [-0.15, -0.1) is 0 Å². The predicted molar refractivity (Wildman–Crippen MR) is 51.3 cm³/mol. The van der Waals surface area contributed by atoms with Crippen molar-refractivity contribution in [1.82, 2.24) is 9.97 Å². The third-order valence-corrected chi connectivity index (χ3v) is 2.03. The van der Waals surface area contributed by atoms with Crippen LogP contribution in [0.1, 0.15) is 0 Å². The Kier molecular flexibility index (Phi) is 2.37. The third kappa shape index (κ3) is 1.44. The molecule has 0 aliphatic rings. The first-order chi connectivity index (χ1) is 6.83. The van der Waals surface area contributed by atoms with Crippen molar-refractivity contribution in [3.05, 3.63) is 30.1 Å². The second-order valence-corrected chi connectivity index (χ2v) is 2.92. The molecule has 72 valence electrons. The minimum atomic E-state index is 0.290. The van der Waals surface area contributed by atoms with Gasteiger partial charge in [0.25, 0.3) is 0 Å². The lowest BCUT2D eigenvalue weighted by molar-refractivity contribution is 0.413. The number of ether oxygens (including phenoxy) is 1. The molecule has 0 saturated heterocycles. The quantitative estimate of drug-likeness (QED) is 0.715. The van der Waals surface area contributed by atoms with Gasteiger partial charge in [0.1, 0.15) is 12.0 Å². The summed E-state index contributed by atoms with van der Waals surface area (Å²) in [6.07, 6.45) is 4.51.